The largest absolute Gasteiger partial charge is 0.457 e. The van der Waals surface area contributed by atoms with Crippen molar-refractivity contribution in [1.82, 2.24) is 0 Å². The Morgan fingerprint density at radius 1 is 0.655 bits per heavy atom. The van der Waals surface area contributed by atoms with Crippen LogP contribution in [0.25, 0.3) is 16.9 Å². The molecule has 0 N–H and O–H groups in total. The standard InChI is InChI=1S/C27H19NO/c1-3-9-20(10-4-1)23-17-24(29-27(18-23)21-11-5-2-6-12-21)16-15-22-19-28-26-14-8-7-13-25(22)26/h1-19H/b22-15+,24-16+. The van der Waals surface area contributed by atoms with E-state index in [0.29, 0.717) is 0 Å². The predicted octanol–water partition coefficient (Wildman–Crippen LogP) is 6.82. The summed E-state index contributed by atoms with van der Waals surface area (Å²) in [6.07, 6.45) is 10.2. The lowest BCUT2D eigenvalue weighted by Crippen LogP contribution is -1.99. The van der Waals surface area contributed by atoms with Crippen LogP contribution in [0.1, 0.15) is 16.7 Å². The SMILES string of the molecule is C1=Nc2ccccc2/C1=C/C=C1\C=C(c2ccccc2)C=C(c2ccccc2)O1. The third-order valence-corrected chi connectivity index (χ3v) is 4.96. The molecule has 0 aliphatic carbocycles. The van der Waals surface area contributed by atoms with Gasteiger partial charge in [0.25, 0.3) is 0 Å². The molecule has 0 aromatic heterocycles. The number of nitrogens with zero attached hydrogens (tertiary/aromatic N) is 1. The van der Waals surface area contributed by atoms with Gasteiger partial charge in [-0.05, 0) is 41.5 Å². The molecule has 0 saturated heterocycles. The lowest BCUT2D eigenvalue weighted by atomic mass is 10.0. The van der Waals surface area contributed by atoms with E-state index < -0.39 is 0 Å². The third kappa shape index (κ3) is 3.61. The van der Waals surface area contributed by atoms with Gasteiger partial charge in [-0.2, -0.15) is 0 Å². The zero-order valence-electron chi connectivity index (χ0n) is 15.8. The molecule has 138 valence electrons. The van der Waals surface area contributed by atoms with Gasteiger partial charge in [0.15, 0.2) is 0 Å². The van der Waals surface area contributed by atoms with E-state index in [-0.39, 0.29) is 0 Å². The van der Waals surface area contributed by atoms with Crippen molar-refractivity contribution >= 4 is 28.8 Å². The smallest absolute Gasteiger partial charge is 0.135 e. The molecule has 0 amide bonds. The molecule has 3 aromatic rings. The van der Waals surface area contributed by atoms with Crippen molar-refractivity contribution in [3.8, 4) is 0 Å². The average molecular weight is 373 g/mol. The van der Waals surface area contributed by atoms with Gasteiger partial charge in [0.1, 0.15) is 11.5 Å². The number of benzene rings is 3. The van der Waals surface area contributed by atoms with Gasteiger partial charge < -0.3 is 4.74 Å². The molecule has 0 spiro atoms. The minimum atomic E-state index is 0.801. The Kier molecular flexibility index (Phi) is 4.51. The van der Waals surface area contributed by atoms with Gasteiger partial charge in [-0.3, -0.25) is 4.99 Å². The number of rotatable bonds is 3. The fourth-order valence-electron chi connectivity index (χ4n) is 3.49. The molecule has 2 heterocycles. The molecule has 0 atom stereocenters. The first kappa shape index (κ1) is 17.2. The van der Waals surface area contributed by atoms with Crippen LogP contribution in [0.15, 0.2) is 120 Å². The molecular weight excluding hydrogens is 354 g/mol. The quantitative estimate of drug-likeness (QED) is 0.493. The van der Waals surface area contributed by atoms with E-state index in [2.05, 4.69) is 65.7 Å². The summed E-state index contributed by atoms with van der Waals surface area (Å²) < 4.78 is 6.23. The van der Waals surface area contributed by atoms with Gasteiger partial charge in [-0.1, -0.05) is 78.9 Å². The Morgan fingerprint density at radius 3 is 2.14 bits per heavy atom. The molecule has 0 fully saturated rings. The van der Waals surface area contributed by atoms with Crippen LogP contribution in [0.2, 0.25) is 0 Å². The normalized spacial score (nSPS) is 17.7. The molecule has 2 aliphatic heterocycles. The molecule has 0 radical (unpaired) electrons. The van der Waals surface area contributed by atoms with E-state index in [1.165, 1.54) is 0 Å². The third-order valence-electron chi connectivity index (χ3n) is 4.96. The molecule has 29 heavy (non-hydrogen) atoms. The summed E-state index contributed by atoms with van der Waals surface area (Å²) in [7, 11) is 0. The molecular formula is C27H19NO. The van der Waals surface area contributed by atoms with Gasteiger partial charge in [-0.15, -0.1) is 0 Å². The molecule has 0 unspecified atom stereocenters. The van der Waals surface area contributed by atoms with Crippen LogP contribution in [0, 0.1) is 0 Å². The van der Waals surface area contributed by atoms with E-state index in [4.69, 9.17) is 4.74 Å². The number of aliphatic imine (C=N–C) groups is 1. The average Bonchev–Trinajstić information content (AvgIpc) is 3.22. The topological polar surface area (TPSA) is 21.6 Å². The second-order valence-corrected chi connectivity index (χ2v) is 6.91. The first-order valence-electron chi connectivity index (χ1n) is 9.64. The number of fused-ring (bicyclic) bond motifs is 1. The Hall–Kier alpha value is -3.91. The van der Waals surface area contributed by atoms with Crippen molar-refractivity contribution in [2.24, 2.45) is 4.99 Å². The first-order valence-corrected chi connectivity index (χ1v) is 9.64. The minimum absolute atomic E-state index is 0.801. The molecule has 2 nitrogen and oxygen atoms in total. The summed E-state index contributed by atoms with van der Waals surface area (Å²) in [4.78, 5) is 4.48. The van der Waals surface area contributed by atoms with Gasteiger partial charge in [0.2, 0.25) is 0 Å². The monoisotopic (exact) mass is 373 g/mol. The maximum absolute atomic E-state index is 6.23. The van der Waals surface area contributed by atoms with Crippen LogP contribution in [0.4, 0.5) is 5.69 Å². The van der Waals surface area contributed by atoms with Gasteiger partial charge in [0.05, 0.1) is 5.69 Å². The molecule has 3 aromatic carbocycles. The Labute approximate surface area is 170 Å². The number of hydrogen-bond donors (Lipinski definition) is 0. The van der Waals surface area contributed by atoms with E-state index in [0.717, 1.165) is 45.0 Å². The maximum Gasteiger partial charge on any atom is 0.135 e. The van der Waals surface area contributed by atoms with Crippen molar-refractivity contribution in [2.75, 3.05) is 0 Å². The van der Waals surface area contributed by atoms with E-state index >= 15 is 0 Å². The van der Waals surface area contributed by atoms with Crippen molar-refractivity contribution < 1.29 is 4.74 Å². The van der Waals surface area contributed by atoms with Gasteiger partial charge in [0, 0.05) is 22.9 Å². The van der Waals surface area contributed by atoms with Crippen LogP contribution in [0.5, 0.6) is 0 Å². The first-order chi connectivity index (χ1) is 14.4. The van der Waals surface area contributed by atoms with Crippen LogP contribution in [-0.4, -0.2) is 6.21 Å². The second-order valence-electron chi connectivity index (χ2n) is 6.91. The van der Waals surface area contributed by atoms with E-state index in [1.54, 1.807) is 0 Å². The van der Waals surface area contributed by atoms with Crippen LogP contribution in [0.3, 0.4) is 0 Å². The Bertz CT molecular complexity index is 1200. The fraction of sp³-hybridized carbons (Fsp3) is 0. The summed E-state index contributed by atoms with van der Waals surface area (Å²) in [6.45, 7) is 0. The number of allylic oxidation sites excluding steroid dienone is 6. The van der Waals surface area contributed by atoms with Crippen LogP contribution < -0.4 is 0 Å². The maximum atomic E-state index is 6.23. The van der Waals surface area contributed by atoms with Gasteiger partial charge >= 0.3 is 0 Å². The van der Waals surface area contributed by atoms with Crippen molar-refractivity contribution in [3.05, 3.63) is 132 Å². The number of para-hydroxylation sites is 1. The molecule has 2 aliphatic rings. The van der Waals surface area contributed by atoms with Crippen molar-refractivity contribution in [3.63, 3.8) is 0 Å². The Morgan fingerprint density at radius 2 is 1.34 bits per heavy atom. The van der Waals surface area contributed by atoms with Crippen LogP contribution in [-0.2, 0) is 4.74 Å². The zero-order chi connectivity index (χ0) is 19.5. The molecule has 5 rings (SSSR count). The van der Waals surface area contributed by atoms with E-state index in [9.17, 15) is 0 Å². The van der Waals surface area contributed by atoms with Crippen molar-refractivity contribution in [1.29, 1.82) is 0 Å². The fourth-order valence-corrected chi connectivity index (χ4v) is 3.49. The lowest BCUT2D eigenvalue weighted by molar-refractivity contribution is 0.398. The molecule has 2 heteroatoms. The molecule has 0 saturated carbocycles. The second kappa shape index (κ2) is 7.61. The molecule has 0 bridgehead atoms. The predicted molar refractivity (Wildman–Crippen MR) is 121 cm³/mol. The summed E-state index contributed by atoms with van der Waals surface area (Å²) in [5, 5.41) is 0. The van der Waals surface area contributed by atoms with E-state index in [1.807, 2.05) is 54.8 Å². The number of ether oxygens (including phenoxy) is 1. The van der Waals surface area contributed by atoms with Gasteiger partial charge in [-0.25, -0.2) is 0 Å². The van der Waals surface area contributed by atoms with Crippen molar-refractivity contribution in [2.45, 2.75) is 0 Å². The van der Waals surface area contributed by atoms with Crippen LogP contribution >= 0.6 is 0 Å². The summed E-state index contributed by atoms with van der Waals surface area (Å²) in [5.41, 5.74) is 6.58. The summed E-state index contributed by atoms with van der Waals surface area (Å²) in [5.74, 6) is 1.65. The minimum Gasteiger partial charge on any atom is -0.457 e. The summed E-state index contributed by atoms with van der Waals surface area (Å²) in [6, 6.07) is 28.7. The highest BCUT2D eigenvalue weighted by atomic mass is 16.5. The zero-order valence-corrected chi connectivity index (χ0v) is 15.8. The number of hydrogen-bond acceptors (Lipinski definition) is 2. The summed E-state index contributed by atoms with van der Waals surface area (Å²) >= 11 is 0. The highest BCUT2D eigenvalue weighted by Gasteiger charge is 2.14. The Balaban J connectivity index is 1.54. The highest BCUT2D eigenvalue weighted by molar-refractivity contribution is 6.16. The lowest BCUT2D eigenvalue weighted by Gasteiger charge is -2.18. The highest BCUT2D eigenvalue weighted by Crippen LogP contribution is 2.33.